The van der Waals surface area contributed by atoms with Crippen molar-refractivity contribution in [3.63, 3.8) is 0 Å². The van der Waals surface area contributed by atoms with E-state index in [0.29, 0.717) is 29.1 Å². The Kier molecular flexibility index (Phi) is 8.23. The molecule has 0 aliphatic rings. The Balaban J connectivity index is 1.64. The van der Waals surface area contributed by atoms with Crippen LogP contribution in [0.2, 0.25) is 0 Å². The van der Waals surface area contributed by atoms with E-state index >= 15 is 0 Å². The predicted octanol–water partition coefficient (Wildman–Crippen LogP) is 3.52. The first kappa shape index (κ1) is 23.3. The molecule has 0 saturated heterocycles. The maximum Gasteiger partial charge on any atom is 0.330 e. The van der Waals surface area contributed by atoms with Crippen molar-refractivity contribution in [1.29, 1.82) is 0 Å². The van der Waals surface area contributed by atoms with Crippen molar-refractivity contribution in [3.8, 4) is 0 Å². The summed E-state index contributed by atoms with van der Waals surface area (Å²) in [6.45, 7) is 1.11. The molecule has 0 aliphatic heterocycles. The molecule has 32 heavy (non-hydrogen) atoms. The van der Waals surface area contributed by atoms with E-state index in [4.69, 9.17) is 4.74 Å². The van der Waals surface area contributed by atoms with Crippen LogP contribution in [0.3, 0.4) is 0 Å². The van der Waals surface area contributed by atoms with Crippen molar-refractivity contribution in [3.05, 3.63) is 59.5 Å². The number of amides is 1. The fourth-order valence-corrected chi connectivity index (χ4v) is 3.14. The van der Waals surface area contributed by atoms with Crippen molar-refractivity contribution in [2.24, 2.45) is 0 Å². The topological polar surface area (TPSA) is 109 Å². The lowest BCUT2D eigenvalue weighted by molar-refractivity contribution is -0.138. The number of aromatic nitrogens is 3. The third-order valence-electron chi connectivity index (χ3n) is 4.23. The van der Waals surface area contributed by atoms with Crippen LogP contribution in [0.5, 0.6) is 0 Å². The zero-order valence-electron chi connectivity index (χ0n) is 17.7. The third-order valence-corrected chi connectivity index (χ3v) is 4.72. The molecular weight excluding hydrogens is 476 g/mol. The van der Waals surface area contributed by atoms with Gasteiger partial charge in [0.15, 0.2) is 0 Å². The number of nitrogens with one attached hydrogen (secondary N) is 2. The first-order valence-corrected chi connectivity index (χ1v) is 10.6. The zero-order valence-corrected chi connectivity index (χ0v) is 19.3. The van der Waals surface area contributed by atoms with Crippen LogP contribution in [0.1, 0.15) is 6.42 Å². The first-order valence-electron chi connectivity index (χ1n) is 9.84. The molecule has 10 heteroatoms. The van der Waals surface area contributed by atoms with Crippen LogP contribution in [0.4, 0.5) is 17.3 Å². The number of ether oxygens (including phenoxy) is 1. The molecule has 166 valence electrons. The lowest BCUT2D eigenvalue weighted by atomic mass is 10.2. The summed E-state index contributed by atoms with van der Waals surface area (Å²) in [5, 5.41) is 6.55. The fourth-order valence-electron chi connectivity index (χ4n) is 2.74. The van der Waals surface area contributed by atoms with E-state index in [-0.39, 0.29) is 0 Å². The summed E-state index contributed by atoms with van der Waals surface area (Å²) in [5.74, 6) is -0.193. The Bertz CT molecular complexity index is 1140. The van der Waals surface area contributed by atoms with Gasteiger partial charge in [0.05, 0.1) is 18.3 Å². The van der Waals surface area contributed by atoms with Crippen molar-refractivity contribution in [2.45, 2.75) is 6.42 Å². The van der Waals surface area contributed by atoms with Crippen LogP contribution in [0, 0.1) is 0 Å². The molecule has 0 saturated carbocycles. The van der Waals surface area contributed by atoms with Crippen LogP contribution in [0.15, 0.2) is 59.5 Å². The minimum absolute atomic E-state index is 0.295. The van der Waals surface area contributed by atoms with Crippen molar-refractivity contribution in [2.75, 3.05) is 37.9 Å². The molecule has 0 fully saturated rings. The summed E-state index contributed by atoms with van der Waals surface area (Å²) in [6.07, 6.45) is 5.91. The summed E-state index contributed by atoms with van der Waals surface area (Å²) >= 11 is 3.44. The van der Waals surface area contributed by atoms with Crippen molar-refractivity contribution >= 4 is 56.0 Å². The van der Waals surface area contributed by atoms with Crippen LogP contribution >= 0.6 is 15.9 Å². The van der Waals surface area contributed by atoms with Crippen molar-refractivity contribution in [1.82, 2.24) is 19.9 Å². The second-order valence-corrected chi connectivity index (χ2v) is 8.01. The number of hydrogen-bond acceptors (Lipinski definition) is 8. The molecule has 3 rings (SSSR count). The molecule has 2 aromatic heterocycles. The number of carbonyl (C=O) groups is 2. The standard InChI is InChI=1S/C22H23BrN6O3/c1-29(2)9-4-10-32-21(31)8-7-20(30)28-19-12-17-18(13-24-19)25-14-26-22(17)27-16-6-3-5-15(23)11-16/h3,5-8,11-14H,4,9-10H2,1-2H3,(H,24,28,30)(H,25,26,27)/b8-7+. The lowest BCUT2D eigenvalue weighted by Crippen LogP contribution is -2.16. The van der Waals surface area contributed by atoms with Gasteiger partial charge in [0.1, 0.15) is 18.0 Å². The molecule has 2 heterocycles. The van der Waals surface area contributed by atoms with E-state index in [1.54, 1.807) is 12.3 Å². The highest BCUT2D eigenvalue weighted by atomic mass is 79.9. The smallest absolute Gasteiger partial charge is 0.330 e. The number of rotatable bonds is 9. The molecule has 2 N–H and O–H groups in total. The molecule has 0 spiro atoms. The molecule has 0 aliphatic carbocycles. The highest BCUT2D eigenvalue weighted by Gasteiger charge is 2.08. The molecule has 3 aromatic rings. The minimum Gasteiger partial charge on any atom is -0.462 e. The Morgan fingerprint density at radius 3 is 2.78 bits per heavy atom. The molecule has 1 amide bonds. The maximum atomic E-state index is 12.2. The van der Waals surface area contributed by atoms with E-state index < -0.39 is 11.9 Å². The van der Waals surface area contributed by atoms with Crippen LogP contribution < -0.4 is 10.6 Å². The quantitative estimate of drug-likeness (QED) is 0.262. The van der Waals surface area contributed by atoms with Gasteiger partial charge in [-0.05, 0) is 44.8 Å². The summed E-state index contributed by atoms with van der Waals surface area (Å²) in [6, 6.07) is 9.33. The molecule has 0 radical (unpaired) electrons. The average Bonchev–Trinajstić information content (AvgIpc) is 2.76. The molecule has 0 unspecified atom stereocenters. The Morgan fingerprint density at radius 2 is 2.00 bits per heavy atom. The van der Waals surface area contributed by atoms with Gasteiger partial charge in [0.2, 0.25) is 5.91 Å². The summed E-state index contributed by atoms with van der Waals surface area (Å²) in [4.78, 5) is 38.6. The van der Waals surface area contributed by atoms with Gasteiger partial charge in [-0.15, -0.1) is 0 Å². The summed E-state index contributed by atoms with van der Waals surface area (Å²) in [7, 11) is 3.89. The first-order chi connectivity index (χ1) is 15.4. The molecule has 1 aromatic carbocycles. The monoisotopic (exact) mass is 498 g/mol. The number of pyridine rings is 1. The second-order valence-electron chi connectivity index (χ2n) is 7.09. The van der Waals surface area contributed by atoms with Crippen LogP contribution in [-0.2, 0) is 14.3 Å². The summed E-state index contributed by atoms with van der Waals surface area (Å²) < 4.78 is 5.98. The number of nitrogens with zero attached hydrogens (tertiary/aromatic N) is 4. The van der Waals surface area contributed by atoms with Crippen LogP contribution in [-0.4, -0.2) is 59.0 Å². The van der Waals surface area contributed by atoms with E-state index in [1.165, 1.54) is 6.33 Å². The predicted molar refractivity (Wildman–Crippen MR) is 127 cm³/mol. The largest absolute Gasteiger partial charge is 0.462 e. The number of halogens is 1. The molecule has 0 atom stereocenters. The minimum atomic E-state index is -0.570. The number of carbonyl (C=O) groups excluding carboxylic acids is 2. The van der Waals surface area contributed by atoms with E-state index in [2.05, 4.69) is 41.5 Å². The lowest BCUT2D eigenvalue weighted by Gasteiger charge is -2.10. The molecule has 0 bridgehead atoms. The van der Waals surface area contributed by atoms with Gasteiger partial charge in [0.25, 0.3) is 0 Å². The second kappa shape index (κ2) is 11.3. The normalized spacial score (nSPS) is 11.1. The SMILES string of the molecule is CN(C)CCCOC(=O)/C=C/C(=O)Nc1cc2c(Nc3cccc(Br)c3)ncnc2cn1. The molecular formula is C22H23BrN6O3. The number of hydrogen-bond donors (Lipinski definition) is 2. The maximum absolute atomic E-state index is 12.2. The Morgan fingerprint density at radius 1 is 1.16 bits per heavy atom. The third kappa shape index (κ3) is 7.10. The number of fused-ring (bicyclic) bond motifs is 1. The van der Waals surface area contributed by atoms with Gasteiger partial charge in [-0.25, -0.2) is 19.7 Å². The fraction of sp³-hybridized carbons (Fsp3) is 0.227. The van der Waals surface area contributed by atoms with E-state index in [9.17, 15) is 9.59 Å². The average molecular weight is 499 g/mol. The van der Waals surface area contributed by atoms with Gasteiger partial charge in [-0.1, -0.05) is 22.0 Å². The van der Waals surface area contributed by atoms with E-state index in [1.807, 2.05) is 43.3 Å². The van der Waals surface area contributed by atoms with Gasteiger partial charge in [0, 0.05) is 34.2 Å². The number of esters is 1. The van der Waals surface area contributed by atoms with Crippen LogP contribution in [0.25, 0.3) is 10.9 Å². The highest BCUT2D eigenvalue weighted by Crippen LogP contribution is 2.25. The summed E-state index contributed by atoms with van der Waals surface area (Å²) in [5.41, 5.74) is 1.46. The number of benzene rings is 1. The highest BCUT2D eigenvalue weighted by molar-refractivity contribution is 9.10. The van der Waals surface area contributed by atoms with Gasteiger partial charge in [-0.3, -0.25) is 4.79 Å². The van der Waals surface area contributed by atoms with E-state index in [0.717, 1.165) is 35.3 Å². The Hall–Kier alpha value is -3.37. The van der Waals surface area contributed by atoms with Crippen molar-refractivity contribution < 1.29 is 14.3 Å². The van der Waals surface area contributed by atoms with Gasteiger partial charge in [-0.2, -0.15) is 0 Å². The zero-order chi connectivity index (χ0) is 22.9. The van der Waals surface area contributed by atoms with Gasteiger partial charge < -0.3 is 20.3 Å². The Labute approximate surface area is 194 Å². The molecule has 9 nitrogen and oxygen atoms in total. The van der Waals surface area contributed by atoms with Gasteiger partial charge >= 0.3 is 5.97 Å². The number of anilines is 3.